The third-order valence-electron chi connectivity index (χ3n) is 22.8. The fraction of sp³-hybridized carbons (Fsp3) is 0.466. The van der Waals surface area contributed by atoms with E-state index < -0.39 is 54.2 Å². The van der Waals surface area contributed by atoms with Crippen LogP contribution in [0.2, 0.25) is 0 Å². The van der Waals surface area contributed by atoms with Gasteiger partial charge in [-0.3, -0.25) is 47.3 Å². The maximum atomic E-state index is 13.3. The van der Waals surface area contributed by atoms with Crippen molar-refractivity contribution in [3.63, 3.8) is 0 Å². The van der Waals surface area contributed by atoms with Crippen LogP contribution >= 0.6 is 0 Å². The van der Waals surface area contributed by atoms with Gasteiger partial charge in [-0.25, -0.2) is 33.6 Å². The number of benzene rings is 8. The number of nitro benzene ring substituents is 1. The first-order valence-electron chi connectivity index (χ1n) is 46.0. The molecule has 27 heteroatoms. The molecule has 0 aromatic heterocycles. The van der Waals surface area contributed by atoms with Gasteiger partial charge in [0.2, 0.25) is 0 Å². The number of nitro groups is 1. The number of amides is 7. The maximum Gasteiger partial charge on any atom is 0.411 e. The number of hydrogen-bond donors (Lipinski definition) is 8. The third kappa shape index (κ3) is 41.8. The Morgan fingerprint density at radius 1 is 0.277 bits per heavy atom. The average molecular weight is 1790 g/mol. The molecule has 0 aliphatic carbocycles. The minimum Gasteiger partial charge on any atom is -0.490 e. The van der Waals surface area contributed by atoms with Gasteiger partial charge in [-0.15, -0.1) is 0 Å². The zero-order valence-electron chi connectivity index (χ0n) is 77.4. The summed E-state index contributed by atoms with van der Waals surface area (Å²) in [4.78, 5) is 101. The lowest BCUT2D eigenvalue weighted by Gasteiger charge is -2.18. The number of carbonyl (C=O) groups excluding carboxylic acids is 7. The highest BCUT2D eigenvalue weighted by Crippen LogP contribution is 2.37. The number of nitrogens with zero attached hydrogens (tertiary/aromatic N) is 1. The highest BCUT2D eigenvalue weighted by atomic mass is 16.6. The van der Waals surface area contributed by atoms with Crippen LogP contribution in [0.4, 0.5) is 79.1 Å². The van der Waals surface area contributed by atoms with Crippen molar-refractivity contribution in [3.8, 4) is 11.5 Å². The number of aliphatic hydroxyl groups is 1. The molecule has 8 rings (SSSR count). The first-order valence-corrected chi connectivity index (χ1v) is 46.0. The van der Waals surface area contributed by atoms with Crippen LogP contribution in [0.25, 0.3) is 0 Å². The molecule has 8 aromatic rings. The van der Waals surface area contributed by atoms with Crippen LogP contribution in [0.3, 0.4) is 0 Å². The fourth-order valence-corrected chi connectivity index (χ4v) is 14.6. The molecule has 2 unspecified atom stereocenters. The van der Waals surface area contributed by atoms with Crippen LogP contribution in [0, 0.1) is 57.5 Å². The SMILES string of the molecule is CC(C)CCC[C@@H](C)CCC[C@@H](C)CCCC(C)CCOc1cc(COC(=O)Nc2ccc(COC(=O)Nc3ccc(COC(=O)Nc4ccc(COC(=O)Nc5ccc(COC(=O)Nc6ccc(COC(=O)Nc7ccc(COC(=O)Nc8ccc(CO)cc8)cc7)cc6)cc5)cc4)cc3)cc2)c([N+](=O)[O-])cc1OCCC(C)CCC[C@H](C)CCC[C@H](C)CCCC(C)C. The predicted octanol–water partition coefficient (Wildman–Crippen LogP) is 27.0. The van der Waals surface area contributed by atoms with Crippen LogP contribution in [0.5, 0.6) is 11.5 Å². The van der Waals surface area contributed by atoms with Gasteiger partial charge >= 0.3 is 42.7 Å². The molecule has 130 heavy (non-hydrogen) atoms. The Morgan fingerprint density at radius 2 is 0.469 bits per heavy atom. The Balaban J connectivity index is 0.681. The van der Waals surface area contributed by atoms with Crippen LogP contribution in [-0.4, -0.2) is 65.9 Å². The Bertz CT molecular complexity index is 4730. The predicted molar refractivity (Wildman–Crippen MR) is 509 cm³/mol. The standard InChI is InChI=1S/C103H136N8O19/c1-71(2)17-11-19-73(5)21-13-23-75(7)25-15-27-77(9)57-59-122-95-61-86(94(111(120)121)62-96(95)123-60-58-78(10)28-16-26-76(8)24-14-22-74(6)20-12-18-72(3)4)70-130-103(119)110-93-55-41-85(42-56-93)69-129-102(118)109-92-53-39-84(40-54-92)68-128-101(117)108-91-51-37-83(38-52-91)67-127-100(116)107-90-49-35-82(36-50-90)66-126-99(115)106-89-47-33-81(34-48-89)65-125-98(114)105-88-45-31-80(32-46-88)64-124-97(113)104-87-43-29-79(63-112)30-44-87/h29-56,61-62,71-78,112H,11-28,57-60,63-70H2,1-10H3,(H,104,113)(H,105,114)(H,106,115)(H,107,116)(H,108,117)(H,109,118)(H,110,119)/t73-,74-,75-,76-,77?,78?/m1/s1. The van der Waals surface area contributed by atoms with Gasteiger partial charge in [-0.1, -0.05) is 270 Å². The van der Waals surface area contributed by atoms with Crippen LogP contribution in [0.1, 0.15) is 242 Å². The number of anilines is 7. The van der Waals surface area contributed by atoms with E-state index in [-0.39, 0.29) is 57.5 Å². The molecule has 0 spiro atoms. The van der Waals surface area contributed by atoms with E-state index in [1.165, 1.54) is 96.0 Å². The molecule has 0 radical (unpaired) electrons. The summed E-state index contributed by atoms with van der Waals surface area (Å²) in [5, 5.41) is 40.4. The van der Waals surface area contributed by atoms with E-state index in [4.69, 9.17) is 42.6 Å². The first-order chi connectivity index (χ1) is 62.6. The second-order valence-electron chi connectivity index (χ2n) is 35.4. The molecule has 0 bridgehead atoms. The average Bonchev–Trinajstić information content (AvgIpc) is 0.812. The number of rotatable bonds is 55. The van der Waals surface area contributed by atoms with E-state index in [0.717, 1.165) is 62.2 Å². The zero-order chi connectivity index (χ0) is 93.4. The molecular formula is C103H136N8O19. The van der Waals surface area contributed by atoms with E-state index >= 15 is 0 Å². The van der Waals surface area contributed by atoms with Gasteiger partial charge in [0, 0.05) is 39.8 Å². The molecular weight excluding hydrogens is 1650 g/mol. The van der Waals surface area contributed by atoms with Crippen molar-refractivity contribution in [1.82, 2.24) is 0 Å². The Labute approximate surface area is 766 Å². The number of ether oxygens (including phenoxy) is 9. The zero-order valence-corrected chi connectivity index (χ0v) is 77.4. The lowest BCUT2D eigenvalue weighted by Crippen LogP contribution is -2.15. The van der Waals surface area contributed by atoms with Gasteiger partial charge in [-0.05, 0) is 190 Å². The minimum absolute atomic E-state index is 0.00318. The summed E-state index contributed by atoms with van der Waals surface area (Å²) < 4.78 is 50.7. The largest absolute Gasteiger partial charge is 0.490 e. The summed E-state index contributed by atoms with van der Waals surface area (Å²) in [5.41, 5.74) is 7.62. The molecule has 0 aliphatic heterocycles. The minimum atomic E-state index is -0.833. The smallest absolute Gasteiger partial charge is 0.411 e. The van der Waals surface area contributed by atoms with Crippen molar-refractivity contribution in [2.45, 2.75) is 251 Å². The van der Waals surface area contributed by atoms with E-state index in [9.17, 15) is 48.8 Å². The Hall–Kier alpha value is -12.4. The maximum absolute atomic E-state index is 13.3. The summed E-state index contributed by atoms with van der Waals surface area (Å²) >= 11 is 0. The molecule has 0 saturated carbocycles. The van der Waals surface area contributed by atoms with Crippen LogP contribution < -0.4 is 46.7 Å². The highest BCUT2D eigenvalue weighted by Gasteiger charge is 2.24. The molecule has 27 nitrogen and oxygen atoms in total. The molecule has 6 atom stereocenters. The Kier molecular flexibility index (Phi) is 45.0. The Morgan fingerprint density at radius 3 is 0.677 bits per heavy atom. The van der Waals surface area contributed by atoms with Gasteiger partial charge in [-0.2, -0.15) is 0 Å². The van der Waals surface area contributed by atoms with Crippen molar-refractivity contribution in [3.05, 3.63) is 237 Å². The molecule has 0 fully saturated rings. The van der Waals surface area contributed by atoms with Gasteiger partial charge < -0.3 is 47.7 Å². The summed E-state index contributed by atoms with van der Waals surface area (Å²) in [5.74, 6) is 5.96. The number of hydrogen-bond acceptors (Lipinski definition) is 19. The van der Waals surface area contributed by atoms with Gasteiger partial charge in [0.15, 0.2) is 11.5 Å². The fourth-order valence-electron chi connectivity index (χ4n) is 14.6. The lowest BCUT2D eigenvalue weighted by molar-refractivity contribution is -0.385. The number of aliphatic hydroxyl groups excluding tert-OH is 1. The van der Waals surface area contributed by atoms with Crippen molar-refractivity contribution in [2.24, 2.45) is 47.3 Å². The first kappa shape index (κ1) is 103. The van der Waals surface area contributed by atoms with Gasteiger partial charge in [0.1, 0.15) is 46.2 Å². The molecule has 0 saturated heterocycles. The van der Waals surface area contributed by atoms with Crippen molar-refractivity contribution < 1.29 is 86.2 Å². The molecule has 702 valence electrons. The second-order valence-corrected chi connectivity index (χ2v) is 35.4. The highest BCUT2D eigenvalue weighted by molar-refractivity contribution is 5.88. The topological polar surface area (TPSA) is 350 Å². The monoisotopic (exact) mass is 1790 g/mol. The lowest BCUT2D eigenvalue weighted by atomic mass is 9.91. The van der Waals surface area contributed by atoms with Crippen LogP contribution in [-0.2, 0) is 86.0 Å². The summed E-state index contributed by atoms with van der Waals surface area (Å²) in [6.07, 6.45) is 19.0. The molecule has 8 aromatic carbocycles. The summed E-state index contributed by atoms with van der Waals surface area (Å²) in [6, 6.07) is 49.4. The van der Waals surface area contributed by atoms with Gasteiger partial charge in [0.25, 0.3) is 5.69 Å². The summed E-state index contributed by atoms with van der Waals surface area (Å²) in [6.45, 7) is 23.1. The van der Waals surface area contributed by atoms with E-state index in [2.05, 4.69) is 106 Å². The van der Waals surface area contributed by atoms with Gasteiger partial charge in [0.05, 0.1) is 36.4 Å². The normalized spacial score (nSPS) is 12.5. The molecule has 8 N–H and O–H groups in total. The number of carbonyl (C=O) groups is 7. The number of nitrogens with one attached hydrogen (secondary N) is 7. The van der Waals surface area contributed by atoms with E-state index in [1.807, 2.05) is 0 Å². The third-order valence-corrected chi connectivity index (χ3v) is 22.8. The van der Waals surface area contributed by atoms with Crippen molar-refractivity contribution >= 4 is 88.2 Å². The van der Waals surface area contributed by atoms with E-state index in [0.29, 0.717) is 127 Å². The quantitative estimate of drug-likeness (QED) is 0.00997. The molecule has 0 heterocycles. The molecule has 0 aliphatic rings. The van der Waals surface area contributed by atoms with E-state index in [1.54, 1.807) is 176 Å². The van der Waals surface area contributed by atoms with Crippen LogP contribution in [0.15, 0.2) is 182 Å². The summed E-state index contributed by atoms with van der Waals surface area (Å²) in [7, 11) is 0. The van der Waals surface area contributed by atoms with Crippen molar-refractivity contribution in [1.29, 1.82) is 0 Å². The van der Waals surface area contributed by atoms with Crippen molar-refractivity contribution in [2.75, 3.05) is 50.4 Å². The second kappa shape index (κ2) is 56.8. The molecule has 7 amide bonds.